The molecule has 0 fully saturated rings. The fourth-order valence-corrected chi connectivity index (χ4v) is 0. The Bertz CT molecular complexity index is 219. The minimum Gasteiger partial charge on any atom is -0.356 e. The summed E-state index contributed by atoms with van der Waals surface area (Å²) in [6.07, 6.45) is 0. The van der Waals surface area contributed by atoms with E-state index in [0.29, 0.717) is 0 Å². The smallest absolute Gasteiger partial charge is 0.356 e. The molecule has 0 aliphatic carbocycles. The van der Waals surface area contributed by atoms with Gasteiger partial charge in [-0.25, -0.2) is 0 Å². The van der Waals surface area contributed by atoms with Crippen LogP contribution in [0.1, 0.15) is 0 Å². The average Bonchev–Trinajstić information content (AvgIpc) is 1.94. The molecule has 0 radical (unpaired) electrons. The van der Waals surface area contributed by atoms with E-state index >= 15 is 0 Å². The van der Waals surface area contributed by atoms with Gasteiger partial charge < -0.3 is 76.6 Å². The molecule has 0 heterocycles. The van der Waals surface area contributed by atoms with Gasteiger partial charge in [-0.15, -0.1) is 0 Å². The van der Waals surface area contributed by atoms with Crippen LogP contribution in [-0.4, -0.2) is 86.2 Å². The van der Waals surface area contributed by atoms with E-state index in [2.05, 4.69) is 0 Å². The second-order valence-electron chi connectivity index (χ2n) is 1.12. The largest absolute Gasteiger partial charge is 2.00 e. The van der Waals surface area contributed by atoms with Gasteiger partial charge >= 0.3 is 112 Å². The second-order valence-corrected chi connectivity index (χ2v) is 1.12. The van der Waals surface area contributed by atoms with Gasteiger partial charge in [0.15, 0.2) is 0 Å². The van der Waals surface area contributed by atoms with Crippen molar-refractivity contribution >= 4 is 60.8 Å². The van der Waals surface area contributed by atoms with Gasteiger partial charge in [-0.05, 0) is 0 Å². The fourth-order valence-electron chi connectivity index (χ4n) is 0. The van der Waals surface area contributed by atoms with E-state index in [-0.39, 0.29) is 112 Å². The van der Waals surface area contributed by atoms with Crippen LogP contribution in [0.15, 0.2) is 0 Å². The summed E-state index contributed by atoms with van der Waals surface area (Å²) in [5.41, 5.74) is 0. The van der Waals surface area contributed by atoms with Crippen molar-refractivity contribution in [3.05, 3.63) is 76.6 Å². The molecule has 0 aliphatic heterocycles. The fraction of sp³-hybridized carbons (Fsp3) is 0. The minimum absolute atomic E-state index is 0. The van der Waals surface area contributed by atoms with Crippen LogP contribution in [0.2, 0.25) is 0 Å². The first-order valence-electron chi connectivity index (χ1n) is 2.74. The number of rotatable bonds is 0. The van der Waals surface area contributed by atoms with Crippen molar-refractivity contribution in [2.24, 2.45) is 0 Å². The van der Waals surface area contributed by atoms with Gasteiger partial charge in [-0.3, -0.25) is 0 Å². The SMILES string of the molecule is O=[N+]([O-])[O-].O=[N+]([O-])[O-].O=[N+]([O-])[O-].O=[N+]([O-])[O-].O=[N+]([O-])[O-].[Ca+2].[K+].[Mg+2]. The summed E-state index contributed by atoms with van der Waals surface area (Å²) in [7, 11) is 0. The predicted molar refractivity (Wildman–Crippen MR) is 63.3 cm³/mol. The van der Waals surface area contributed by atoms with E-state index in [9.17, 15) is 0 Å². The molecule has 120 valence electrons. The quantitative estimate of drug-likeness (QED) is 0.204. The van der Waals surface area contributed by atoms with Crippen LogP contribution in [0.25, 0.3) is 0 Å². The molecular weight excluding hydrogens is 414 g/mol. The zero-order valence-corrected chi connectivity index (χ0v) is 17.5. The van der Waals surface area contributed by atoms with Crippen LogP contribution in [0.4, 0.5) is 0 Å². The van der Waals surface area contributed by atoms with E-state index in [4.69, 9.17) is 76.6 Å². The molecule has 0 bridgehead atoms. The molecule has 0 amide bonds. The molecule has 0 N–H and O–H groups in total. The van der Waals surface area contributed by atoms with Crippen LogP contribution >= 0.6 is 0 Å². The molecule has 0 atom stereocenters. The van der Waals surface area contributed by atoms with Crippen molar-refractivity contribution in [1.82, 2.24) is 0 Å². The normalized spacial score (nSPS) is 5.22. The van der Waals surface area contributed by atoms with Gasteiger partial charge in [-0.1, -0.05) is 0 Å². The van der Waals surface area contributed by atoms with Gasteiger partial charge in [0.2, 0.25) is 0 Å². The Morgan fingerprint density at radius 1 is 0.391 bits per heavy atom. The van der Waals surface area contributed by atoms with E-state index in [0.717, 1.165) is 0 Å². The monoisotopic (exact) mass is 413 g/mol. The van der Waals surface area contributed by atoms with Gasteiger partial charge in [0.05, 0.1) is 25.4 Å². The molecule has 0 aromatic heterocycles. The van der Waals surface area contributed by atoms with Crippen molar-refractivity contribution < 1.29 is 76.8 Å². The summed E-state index contributed by atoms with van der Waals surface area (Å²) in [5.74, 6) is 0. The first-order valence-corrected chi connectivity index (χ1v) is 2.74. The Morgan fingerprint density at radius 2 is 0.391 bits per heavy atom. The molecule has 0 aromatic carbocycles. The number of nitrogens with zero attached hydrogens (tertiary/aromatic N) is 5. The third kappa shape index (κ3) is 73500. The summed E-state index contributed by atoms with van der Waals surface area (Å²) in [6, 6.07) is 0. The van der Waals surface area contributed by atoms with E-state index in [1.54, 1.807) is 0 Å². The topological polar surface area (TPSA) is 331 Å². The third-order valence-corrected chi connectivity index (χ3v) is 0. The zero-order valence-electron chi connectivity index (χ0n) is 10.8. The van der Waals surface area contributed by atoms with Crippen molar-refractivity contribution in [1.29, 1.82) is 0 Å². The molecule has 0 unspecified atom stereocenters. The second kappa shape index (κ2) is 43.0. The summed E-state index contributed by atoms with van der Waals surface area (Å²) in [5, 5.41) is 73.8. The van der Waals surface area contributed by atoms with E-state index in [1.807, 2.05) is 0 Å². The summed E-state index contributed by atoms with van der Waals surface area (Å²) < 4.78 is 0. The van der Waals surface area contributed by atoms with Crippen molar-refractivity contribution in [2.45, 2.75) is 0 Å². The predicted octanol–water partition coefficient (Wildman–Crippen LogP) is -4.95. The number of hydrogen-bond acceptors (Lipinski definition) is 15. The van der Waals surface area contributed by atoms with Crippen LogP contribution in [0.5, 0.6) is 0 Å². The molecule has 0 rings (SSSR count). The Labute approximate surface area is 211 Å². The first kappa shape index (κ1) is 49.5. The molecule has 20 nitrogen and oxygen atoms in total. The first-order chi connectivity index (χ1) is 8.66. The third-order valence-electron chi connectivity index (χ3n) is 0. The molecule has 23 heteroatoms. The Kier molecular flexibility index (Phi) is 92.5. The zero-order chi connectivity index (χ0) is 17.9. The van der Waals surface area contributed by atoms with E-state index < -0.39 is 25.4 Å². The summed E-state index contributed by atoms with van der Waals surface area (Å²) >= 11 is 0. The molecule has 0 aliphatic rings. The molecule has 0 aromatic rings. The van der Waals surface area contributed by atoms with Crippen LogP contribution < -0.4 is 51.4 Å². The van der Waals surface area contributed by atoms with Crippen LogP contribution in [0.3, 0.4) is 0 Å². The van der Waals surface area contributed by atoms with Crippen molar-refractivity contribution in [2.75, 3.05) is 0 Å². The molecule has 0 saturated carbocycles. The van der Waals surface area contributed by atoms with Gasteiger partial charge in [-0.2, -0.15) is 0 Å². The standard InChI is InChI=1S/Ca.K.Mg.5NO3/c;;;5*2-1(3)4/q+2;+1;+2;5*-1. The van der Waals surface area contributed by atoms with Gasteiger partial charge in [0, 0.05) is 0 Å². The van der Waals surface area contributed by atoms with Crippen LogP contribution in [-0.2, 0) is 0 Å². The molecular formula is CaKMgN5O15. The van der Waals surface area contributed by atoms with Gasteiger partial charge in [0.1, 0.15) is 0 Å². The summed E-state index contributed by atoms with van der Waals surface area (Å²) in [6.45, 7) is 0. The Balaban J connectivity index is -0.0000000197. The molecule has 0 saturated heterocycles. The average molecular weight is 414 g/mol. The molecule has 23 heavy (non-hydrogen) atoms. The van der Waals surface area contributed by atoms with E-state index in [1.165, 1.54) is 0 Å². The van der Waals surface area contributed by atoms with Crippen LogP contribution in [0, 0.1) is 76.6 Å². The van der Waals surface area contributed by atoms with Crippen molar-refractivity contribution in [3.63, 3.8) is 0 Å². The summed E-state index contributed by atoms with van der Waals surface area (Å²) in [4.78, 5) is 41.2. The van der Waals surface area contributed by atoms with Gasteiger partial charge in [0.25, 0.3) is 0 Å². The molecule has 0 spiro atoms. The van der Waals surface area contributed by atoms with Crippen molar-refractivity contribution in [3.8, 4) is 0 Å². The maximum Gasteiger partial charge on any atom is 2.00 e. The number of hydrogen-bond donors (Lipinski definition) is 0. The minimum atomic E-state index is -1.75. The Morgan fingerprint density at radius 3 is 0.391 bits per heavy atom. The maximum absolute atomic E-state index is 8.25. The Hall–Kier alpha value is -0.338. The maximum atomic E-state index is 8.25.